The molecule has 1 saturated heterocycles. The molecule has 5 nitrogen and oxygen atoms in total. The summed E-state index contributed by atoms with van der Waals surface area (Å²) in [5.41, 5.74) is 0. The second-order valence-corrected chi connectivity index (χ2v) is 7.29. The fourth-order valence-electron chi connectivity index (χ4n) is 2.66. The first-order valence-corrected chi connectivity index (χ1v) is 8.41. The molecule has 1 unspecified atom stereocenters. The van der Waals surface area contributed by atoms with Gasteiger partial charge in [0, 0.05) is 26.2 Å². The van der Waals surface area contributed by atoms with Gasteiger partial charge in [0.2, 0.25) is 0 Å². The number of aliphatic hydroxyl groups is 1. The second-order valence-electron chi connectivity index (χ2n) is 5.53. The van der Waals surface area contributed by atoms with Gasteiger partial charge in [0.15, 0.2) is 0 Å². The van der Waals surface area contributed by atoms with Crippen LogP contribution in [0.5, 0.6) is 0 Å². The molecule has 0 spiro atoms. The molecule has 0 aromatic heterocycles. The minimum atomic E-state index is -3.33. The number of nitrogens with one attached hydrogen (secondary N) is 1. The van der Waals surface area contributed by atoms with Crippen molar-refractivity contribution in [2.45, 2.75) is 38.5 Å². The quantitative estimate of drug-likeness (QED) is 0.751. The number of hydrogen-bond acceptors (Lipinski definition) is 3. The van der Waals surface area contributed by atoms with E-state index in [4.69, 9.17) is 5.11 Å². The lowest BCUT2D eigenvalue weighted by atomic mass is 9.83. The van der Waals surface area contributed by atoms with E-state index in [1.54, 1.807) is 0 Å². The van der Waals surface area contributed by atoms with Gasteiger partial charge < -0.3 is 5.11 Å². The normalized spacial score (nSPS) is 27.1. The summed E-state index contributed by atoms with van der Waals surface area (Å²) in [7, 11) is -3.33. The zero-order valence-corrected chi connectivity index (χ0v) is 11.7. The number of piperidine rings is 1. The largest absolute Gasteiger partial charge is 0.396 e. The maximum Gasteiger partial charge on any atom is 0.279 e. The first-order valence-electron chi connectivity index (χ1n) is 6.97. The Bertz CT molecular complexity index is 354. The summed E-state index contributed by atoms with van der Waals surface area (Å²) < 4.78 is 28.3. The van der Waals surface area contributed by atoms with Gasteiger partial charge in [-0.1, -0.05) is 19.3 Å². The van der Waals surface area contributed by atoms with E-state index < -0.39 is 10.2 Å². The standard InChI is InChI=1S/C12H24N2O3S/c15-10-12-5-2-8-14(9-12)18(16,17)13-7-6-11-3-1-4-11/h11-13,15H,1-10H2. The SMILES string of the molecule is O=S(=O)(NCCC1CCC1)N1CCCC(CO)C1. The summed E-state index contributed by atoms with van der Waals surface area (Å²) in [5.74, 6) is 0.821. The molecule has 0 aromatic rings. The Balaban J connectivity index is 1.77. The molecule has 1 saturated carbocycles. The van der Waals surface area contributed by atoms with Crippen LogP contribution in [0.3, 0.4) is 0 Å². The smallest absolute Gasteiger partial charge is 0.279 e. The third-order valence-corrected chi connectivity index (χ3v) is 5.72. The highest BCUT2D eigenvalue weighted by molar-refractivity contribution is 7.87. The van der Waals surface area contributed by atoms with Crippen LogP contribution >= 0.6 is 0 Å². The first kappa shape index (κ1) is 14.2. The van der Waals surface area contributed by atoms with E-state index in [1.165, 1.54) is 23.6 Å². The molecule has 6 heteroatoms. The van der Waals surface area contributed by atoms with E-state index in [-0.39, 0.29) is 12.5 Å². The Hall–Kier alpha value is -0.170. The summed E-state index contributed by atoms with van der Waals surface area (Å²) in [5, 5.41) is 9.12. The average molecular weight is 276 g/mol. The van der Waals surface area contributed by atoms with E-state index in [1.807, 2.05) is 0 Å². The second kappa shape index (κ2) is 6.32. The van der Waals surface area contributed by atoms with Gasteiger partial charge >= 0.3 is 0 Å². The van der Waals surface area contributed by atoms with Crippen LogP contribution in [0.2, 0.25) is 0 Å². The molecule has 0 radical (unpaired) electrons. The predicted octanol–water partition coefficient (Wildman–Crippen LogP) is 0.715. The van der Waals surface area contributed by atoms with Gasteiger partial charge in [-0.15, -0.1) is 0 Å². The van der Waals surface area contributed by atoms with Crippen molar-refractivity contribution >= 4 is 10.2 Å². The Morgan fingerprint density at radius 2 is 1.89 bits per heavy atom. The molecule has 0 aromatic carbocycles. The predicted molar refractivity (Wildman–Crippen MR) is 70.3 cm³/mol. The van der Waals surface area contributed by atoms with E-state index >= 15 is 0 Å². The number of aliphatic hydroxyl groups excluding tert-OH is 1. The summed E-state index contributed by atoms with van der Waals surface area (Å²) in [6.45, 7) is 1.66. The summed E-state index contributed by atoms with van der Waals surface area (Å²) >= 11 is 0. The molecule has 106 valence electrons. The molecular weight excluding hydrogens is 252 g/mol. The molecule has 2 aliphatic rings. The number of rotatable bonds is 6. The van der Waals surface area contributed by atoms with Crippen LogP contribution in [0.25, 0.3) is 0 Å². The van der Waals surface area contributed by atoms with Crippen molar-refractivity contribution in [3.63, 3.8) is 0 Å². The molecule has 0 amide bonds. The molecule has 2 N–H and O–H groups in total. The van der Waals surface area contributed by atoms with Crippen molar-refractivity contribution in [1.82, 2.24) is 9.03 Å². The number of hydrogen-bond donors (Lipinski definition) is 2. The average Bonchev–Trinajstić information content (AvgIpc) is 2.32. The lowest BCUT2D eigenvalue weighted by molar-refractivity contribution is 0.164. The molecular formula is C12H24N2O3S. The topological polar surface area (TPSA) is 69.6 Å². The van der Waals surface area contributed by atoms with Crippen LogP contribution in [0.15, 0.2) is 0 Å². The number of nitrogens with zero attached hydrogens (tertiary/aromatic N) is 1. The van der Waals surface area contributed by atoms with Crippen molar-refractivity contribution in [1.29, 1.82) is 0 Å². The minimum absolute atomic E-state index is 0.0775. The Morgan fingerprint density at radius 3 is 2.50 bits per heavy atom. The van der Waals surface area contributed by atoms with E-state index in [9.17, 15) is 8.42 Å². The third-order valence-electron chi connectivity index (χ3n) is 4.14. The Kier molecular flexibility index (Phi) is 5.00. The monoisotopic (exact) mass is 276 g/mol. The zero-order chi connectivity index (χ0) is 13.0. The van der Waals surface area contributed by atoms with Crippen LogP contribution in [0.1, 0.15) is 38.5 Å². The molecule has 2 rings (SSSR count). The minimum Gasteiger partial charge on any atom is -0.396 e. The fourth-order valence-corrected chi connectivity index (χ4v) is 3.99. The van der Waals surface area contributed by atoms with Crippen LogP contribution in [0.4, 0.5) is 0 Å². The molecule has 0 bridgehead atoms. The van der Waals surface area contributed by atoms with Crippen LogP contribution < -0.4 is 4.72 Å². The van der Waals surface area contributed by atoms with Crippen LogP contribution in [-0.4, -0.2) is 44.1 Å². The van der Waals surface area contributed by atoms with E-state index in [0.29, 0.717) is 19.6 Å². The third kappa shape index (κ3) is 3.66. The lowest BCUT2D eigenvalue weighted by Gasteiger charge is -2.31. The van der Waals surface area contributed by atoms with Crippen molar-refractivity contribution in [3.05, 3.63) is 0 Å². The molecule has 18 heavy (non-hydrogen) atoms. The summed E-state index contributed by atoms with van der Waals surface area (Å²) in [4.78, 5) is 0. The Morgan fingerprint density at radius 1 is 1.17 bits per heavy atom. The van der Waals surface area contributed by atoms with Gasteiger partial charge in [-0.25, -0.2) is 4.72 Å². The summed E-state index contributed by atoms with van der Waals surface area (Å²) in [6.07, 6.45) is 6.51. The van der Waals surface area contributed by atoms with Crippen LogP contribution in [0, 0.1) is 11.8 Å². The van der Waals surface area contributed by atoms with Gasteiger partial charge in [0.1, 0.15) is 0 Å². The highest BCUT2D eigenvalue weighted by Crippen LogP contribution is 2.28. The van der Waals surface area contributed by atoms with Crippen molar-refractivity contribution < 1.29 is 13.5 Å². The van der Waals surface area contributed by atoms with Crippen molar-refractivity contribution in [3.8, 4) is 0 Å². The van der Waals surface area contributed by atoms with Gasteiger partial charge in [-0.2, -0.15) is 12.7 Å². The van der Waals surface area contributed by atoms with Gasteiger partial charge in [0.25, 0.3) is 10.2 Å². The Labute approximate surface area is 110 Å². The highest BCUT2D eigenvalue weighted by Gasteiger charge is 2.28. The van der Waals surface area contributed by atoms with Gasteiger partial charge in [-0.05, 0) is 31.1 Å². The van der Waals surface area contributed by atoms with E-state index in [2.05, 4.69) is 4.72 Å². The first-order chi connectivity index (χ1) is 8.62. The maximum atomic E-state index is 12.1. The van der Waals surface area contributed by atoms with Gasteiger partial charge in [-0.3, -0.25) is 0 Å². The van der Waals surface area contributed by atoms with Crippen molar-refractivity contribution in [2.24, 2.45) is 11.8 Å². The van der Waals surface area contributed by atoms with Crippen LogP contribution in [-0.2, 0) is 10.2 Å². The molecule has 1 heterocycles. The molecule has 2 fully saturated rings. The molecule has 1 aliphatic carbocycles. The highest BCUT2D eigenvalue weighted by atomic mass is 32.2. The van der Waals surface area contributed by atoms with Crippen molar-refractivity contribution in [2.75, 3.05) is 26.2 Å². The fraction of sp³-hybridized carbons (Fsp3) is 1.00. The molecule has 1 aliphatic heterocycles. The molecule has 1 atom stereocenters. The summed E-state index contributed by atoms with van der Waals surface area (Å²) in [6, 6.07) is 0. The van der Waals surface area contributed by atoms with E-state index in [0.717, 1.165) is 25.2 Å². The zero-order valence-electron chi connectivity index (χ0n) is 10.8. The van der Waals surface area contributed by atoms with Gasteiger partial charge in [0.05, 0.1) is 0 Å². The lowest BCUT2D eigenvalue weighted by Crippen LogP contribution is -2.47. The maximum absolute atomic E-state index is 12.1.